The van der Waals surface area contributed by atoms with Crippen LogP contribution < -0.4 is 0 Å². The summed E-state index contributed by atoms with van der Waals surface area (Å²) in [6.45, 7) is 0. The minimum Gasteiger partial charge on any atom is -0.514 e. The van der Waals surface area contributed by atoms with E-state index >= 15 is 0 Å². The Morgan fingerprint density at radius 1 is 1.44 bits per heavy atom. The summed E-state index contributed by atoms with van der Waals surface area (Å²) in [6, 6.07) is 8.85. The molecule has 1 aromatic heterocycles. The molecule has 0 saturated carbocycles. The fourth-order valence-corrected chi connectivity index (χ4v) is 1.22. The lowest BCUT2D eigenvalue weighted by molar-refractivity contribution is 0.473. The van der Waals surface area contributed by atoms with Gasteiger partial charge in [0.2, 0.25) is 5.89 Å². The van der Waals surface area contributed by atoms with Crippen LogP contribution in [0.15, 0.2) is 34.9 Å². The van der Waals surface area contributed by atoms with Crippen LogP contribution in [0.4, 0.5) is 0 Å². The van der Waals surface area contributed by atoms with E-state index < -0.39 is 0 Å². The molecule has 4 heteroatoms. The molecule has 0 atom stereocenters. The highest BCUT2D eigenvalue weighted by Gasteiger charge is 2.08. The summed E-state index contributed by atoms with van der Waals surface area (Å²) >= 11 is 0. The first-order chi connectivity index (χ1) is 7.85. The monoisotopic (exact) mass is 210 g/mol. The Hall–Kier alpha value is -2.72. The van der Waals surface area contributed by atoms with Crippen molar-refractivity contribution < 1.29 is 9.52 Å². The number of oxazole rings is 1. The molecular weight excluding hydrogens is 204 g/mol. The van der Waals surface area contributed by atoms with E-state index in [9.17, 15) is 0 Å². The van der Waals surface area contributed by atoms with Crippen LogP contribution in [0.2, 0.25) is 0 Å². The minimum atomic E-state index is 0.178. The zero-order valence-corrected chi connectivity index (χ0v) is 8.14. The van der Waals surface area contributed by atoms with E-state index in [1.165, 1.54) is 0 Å². The first-order valence-corrected chi connectivity index (χ1v) is 4.45. The second-order valence-electron chi connectivity index (χ2n) is 2.89. The van der Waals surface area contributed by atoms with Crippen molar-refractivity contribution in [3.05, 3.63) is 36.4 Å². The second-order valence-corrected chi connectivity index (χ2v) is 2.89. The van der Waals surface area contributed by atoms with Gasteiger partial charge in [-0.1, -0.05) is 12.1 Å². The molecule has 0 fully saturated rings. The second kappa shape index (κ2) is 4.20. The zero-order chi connectivity index (χ0) is 11.4. The maximum Gasteiger partial charge on any atom is 0.239 e. The summed E-state index contributed by atoms with van der Waals surface area (Å²) in [5.74, 6) is 4.81. The third kappa shape index (κ3) is 1.73. The normalized spacial score (nSPS) is 10.6. The smallest absolute Gasteiger partial charge is 0.239 e. The Kier molecular flexibility index (Phi) is 2.58. The number of allylic oxidation sites excluding steroid dienone is 1. The highest BCUT2D eigenvalue weighted by atomic mass is 16.3. The van der Waals surface area contributed by atoms with Crippen molar-refractivity contribution in [3.63, 3.8) is 0 Å². The first kappa shape index (κ1) is 9.82. The largest absolute Gasteiger partial charge is 0.514 e. The summed E-state index contributed by atoms with van der Waals surface area (Å²) in [7, 11) is 0. The number of aliphatic hydroxyl groups is 1. The molecule has 0 bridgehead atoms. The number of benzene rings is 1. The number of aromatic nitrogens is 1. The highest BCUT2D eigenvalue weighted by Crippen LogP contribution is 2.19. The van der Waals surface area contributed by atoms with Crippen molar-refractivity contribution in [2.24, 2.45) is 0 Å². The minimum absolute atomic E-state index is 0.178. The molecule has 0 unspecified atom stereocenters. The van der Waals surface area contributed by atoms with Gasteiger partial charge in [-0.15, -0.1) is 0 Å². The van der Waals surface area contributed by atoms with E-state index in [0.29, 0.717) is 11.1 Å². The molecule has 0 amide bonds. The molecule has 4 nitrogen and oxygen atoms in total. The van der Waals surface area contributed by atoms with Crippen molar-refractivity contribution in [2.45, 2.75) is 0 Å². The van der Waals surface area contributed by atoms with E-state index in [1.54, 1.807) is 18.2 Å². The summed E-state index contributed by atoms with van der Waals surface area (Å²) in [5, 5.41) is 17.3. The van der Waals surface area contributed by atoms with Crippen LogP contribution in [0, 0.1) is 23.2 Å². The molecule has 2 rings (SSSR count). The van der Waals surface area contributed by atoms with Crippen molar-refractivity contribution in [3.8, 4) is 17.9 Å². The SMILES string of the molecule is N#CC#C/C(=C/O)c1nc2ccccc2o1. The molecule has 1 heterocycles. The van der Waals surface area contributed by atoms with Gasteiger partial charge in [0.15, 0.2) is 11.7 Å². The van der Waals surface area contributed by atoms with E-state index in [-0.39, 0.29) is 11.5 Å². The lowest BCUT2D eigenvalue weighted by Gasteiger charge is -1.87. The highest BCUT2D eigenvalue weighted by molar-refractivity contribution is 5.80. The topological polar surface area (TPSA) is 70.0 Å². The Balaban J connectivity index is 2.51. The molecular formula is C12H6N2O2. The average Bonchev–Trinajstić information content (AvgIpc) is 2.73. The third-order valence-electron chi connectivity index (χ3n) is 1.91. The van der Waals surface area contributed by atoms with Gasteiger partial charge in [0.05, 0.1) is 0 Å². The third-order valence-corrected chi connectivity index (χ3v) is 1.91. The summed E-state index contributed by atoms with van der Waals surface area (Å²) in [5.41, 5.74) is 1.46. The number of aliphatic hydroxyl groups excluding tert-OH is 1. The van der Waals surface area contributed by atoms with Gasteiger partial charge >= 0.3 is 0 Å². The number of nitriles is 1. The Morgan fingerprint density at radius 3 is 2.94 bits per heavy atom. The van der Waals surface area contributed by atoms with Crippen LogP contribution in [0.1, 0.15) is 5.89 Å². The van der Waals surface area contributed by atoms with Gasteiger partial charge < -0.3 is 9.52 Å². The number of hydrogen-bond acceptors (Lipinski definition) is 4. The lowest BCUT2D eigenvalue weighted by Crippen LogP contribution is -1.80. The van der Waals surface area contributed by atoms with Gasteiger partial charge in [0, 0.05) is 5.92 Å². The predicted molar refractivity (Wildman–Crippen MR) is 58.0 cm³/mol. The van der Waals surface area contributed by atoms with Crippen molar-refractivity contribution in [1.82, 2.24) is 4.98 Å². The van der Waals surface area contributed by atoms with Crippen molar-refractivity contribution >= 4 is 16.7 Å². The lowest BCUT2D eigenvalue weighted by atomic mass is 10.3. The number of hydrogen-bond donors (Lipinski definition) is 1. The quantitative estimate of drug-likeness (QED) is 0.578. The molecule has 0 radical (unpaired) electrons. The van der Waals surface area contributed by atoms with Gasteiger partial charge in [-0.3, -0.25) is 0 Å². The molecule has 76 valence electrons. The van der Waals surface area contributed by atoms with Gasteiger partial charge in [-0.2, -0.15) is 5.26 Å². The zero-order valence-electron chi connectivity index (χ0n) is 8.14. The molecule has 0 aliphatic rings. The van der Waals surface area contributed by atoms with E-state index in [4.69, 9.17) is 14.8 Å². The van der Waals surface area contributed by atoms with Gasteiger partial charge in [0.1, 0.15) is 17.4 Å². The summed E-state index contributed by atoms with van der Waals surface area (Å²) < 4.78 is 5.37. The molecule has 1 aromatic carbocycles. The number of fused-ring (bicyclic) bond motifs is 1. The van der Waals surface area contributed by atoms with Gasteiger partial charge in [-0.25, -0.2) is 4.98 Å². The van der Waals surface area contributed by atoms with Gasteiger partial charge in [0.25, 0.3) is 0 Å². The van der Waals surface area contributed by atoms with Crippen LogP contribution in [-0.2, 0) is 0 Å². The molecule has 2 aromatic rings. The van der Waals surface area contributed by atoms with E-state index in [1.807, 2.05) is 12.1 Å². The molecule has 0 spiro atoms. The van der Waals surface area contributed by atoms with Crippen LogP contribution in [0.5, 0.6) is 0 Å². The Labute approximate surface area is 91.4 Å². The van der Waals surface area contributed by atoms with Crippen LogP contribution in [0.3, 0.4) is 0 Å². The summed E-state index contributed by atoms with van der Waals surface area (Å²) in [4.78, 5) is 4.13. The van der Waals surface area contributed by atoms with Crippen LogP contribution in [-0.4, -0.2) is 10.1 Å². The van der Waals surface area contributed by atoms with Gasteiger partial charge in [-0.05, 0) is 18.1 Å². The predicted octanol–water partition coefficient (Wildman–Crippen LogP) is 2.25. The first-order valence-electron chi connectivity index (χ1n) is 4.45. The fraction of sp³-hybridized carbons (Fsp3) is 0. The Morgan fingerprint density at radius 2 is 2.25 bits per heavy atom. The van der Waals surface area contributed by atoms with Crippen LogP contribution in [0.25, 0.3) is 16.7 Å². The molecule has 1 N–H and O–H groups in total. The Bertz CT molecular complexity index is 618. The van der Waals surface area contributed by atoms with Crippen LogP contribution >= 0.6 is 0 Å². The number of para-hydroxylation sites is 2. The van der Waals surface area contributed by atoms with Crippen molar-refractivity contribution in [1.29, 1.82) is 5.26 Å². The van der Waals surface area contributed by atoms with E-state index in [2.05, 4.69) is 16.8 Å². The fourth-order valence-electron chi connectivity index (χ4n) is 1.22. The number of nitrogens with zero attached hydrogens (tertiary/aromatic N) is 2. The summed E-state index contributed by atoms with van der Waals surface area (Å²) in [6.07, 6.45) is 0.773. The molecule has 0 saturated heterocycles. The standard InChI is InChI=1S/C12H6N2O2/c13-7-3-4-9(8-15)12-14-10-5-1-2-6-11(10)16-12/h1-2,5-6,8,15H/b9-8-. The molecule has 0 aliphatic carbocycles. The average molecular weight is 210 g/mol. The maximum absolute atomic E-state index is 8.96. The van der Waals surface area contributed by atoms with Crippen molar-refractivity contribution in [2.75, 3.05) is 0 Å². The molecule has 16 heavy (non-hydrogen) atoms. The maximum atomic E-state index is 8.96. The van der Waals surface area contributed by atoms with E-state index in [0.717, 1.165) is 6.26 Å². The molecule has 0 aliphatic heterocycles. The number of rotatable bonds is 1.